The lowest BCUT2D eigenvalue weighted by atomic mass is 10.0. The van der Waals surface area contributed by atoms with E-state index in [-0.39, 0.29) is 0 Å². The van der Waals surface area contributed by atoms with Gasteiger partial charge in [-0.15, -0.1) is 0 Å². The minimum atomic E-state index is 0.611. The number of nitrogens with one attached hydrogen (secondary N) is 2. The van der Waals surface area contributed by atoms with Crippen molar-refractivity contribution in [2.24, 2.45) is 0 Å². The van der Waals surface area contributed by atoms with Crippen molar-refractivity contribution in [2.75, 3.05) is 29.9 Å². The minimum Gasteiger partial charge on any atom is -0.491 e. The van der Waals surface area contributed by atoms with Crippen molar-refractivity contribution in [3.8, 4) is 16.9 Å². The summed E-state index contributed by atoms with van der Waals surface area (Å²) in [7, 11) is 0. The second-order valence-electron chi connectivity index (χ2n) is 8.77. The molecule has 7 nitrogen and oxygen atoms in total. The van der Waals surface area contributed by atoms with E-state index in [1.807, 2.05) is 12.1 Å². The van der Waals surface area contributed by atoms with Crippen molar-refractivity contribution in [2.45, 2.75) is 26.8 Å². The van der Waals surface area contributed by atoms with Gasteiger partial charge < -0.3 is 19.9 Å². The molecule has 0 fully saturated rings. The summed E-state index contributed by atoms with van der Waals surface area (Å²) in [6, 6.07) is 21.1. The van der Waals surface area contributed by atoms with Gasteiger partial charge in [-0.05, 0) is 54.4 Å². The van der Waals surface area contributed by atoms with E-state index in [0.717, 1.165) is 88.0 Å². The van der Waals surface area contributed by atoms with Gasteiger partial charge in [0.05, 0.1) is 23.1 Å². The predicted molar refractivity (Wildman–Crippen MR) is 141 cm³/mol. The van der Waals surface area contributed by atoms with Gasteiger partial charge in [-0.1, -0.05) is 31.2 Å². The Morgan fingerprint density at radius 2 is 1.80 bits per heavy atom. The van der Waals surface area contributed by atoms with Gasteiger partial charge in [0.1, 0.15) is 24.0 Å². The number of hydrogen-bond donors (Lipinski definition) is 2. The zero-order valence-electron chi connectivity index (χ0n) is 20.0. The zero-order chi connectivity index (χ0) is 23.8. The van der Waals surface area contributed by atoms with Crippen LogP contribution in [0.5, 0.6) is 5.75 Å². The molecule has 1 aliphatic rings. The van der Waals surface area contributed by atoms with Crippen molar-refractivity contribution in [1.82, 2.24) is 19.9 Å². The van der Waals surface area contributed by atoms with Gasteiger partial charge in [-0.3, -0.25) is 0 Å². The van der Waals surface area contributed by atoms with Gasteiger partial charge in [0.2, 0.25) is 5.95 Å². The summed E-state index contributed by atoms with van der Waals surface area (Å²) >= 11 is 0. The molecule has 2 N–H and O–H groups in total. The Labute approximate surface area is 204 Å². The molecule has 35 heavy (non-hydrogen) atoms. The molecule has 3 heterocycles. The molecule has 176 valence electrons. The number of fused-ring (bicyclic) bond motifs is 3. The lowest BCUT2D eigenvalue weighted by molar-refractivity contribution is 0.331. The van der Waals surface area contributed by atoms with Gasteiger partial charge in [-0.25, -0.2) is 15.0 Å². The van der Waals surface area contributed by atoms with Crippen molar-refractivity contribution in [3.05, 3.63) is 72.1 Å². The molecule has 0 atom stereocenters. The zero-order valence-corrected chi connectivity index (χ0v) is 20.0. The number of aromatic nitrogens is 4. The number of hydrogen-bond acceptors (Lipinski definition) is 6. The Morgan fingerprint density at radius 3 is 2.69 bits per heavy atom. The van der Waals surface area contributed by atoms with E-state index in [4.69, 9.17) is 14.7 Å². The maximum absolute atomic E-state index is 6.15. The fourth-order valence-corrected chi connectivity index (χ4v) is 4.70. The molecule has 0 aliphatic carbocycles. The lowest BCUT2D eigenvalue weighted by Gasteiger charge is -2.23. The fraction of sp³-hybridized carbons (Fsp3) is 0.250. The third-order valence-electron chi connectivity index (χ3n) is 6.45. The molecule has 0 amide bonds. The first-order chi connectivity index (χ1) is 17.2. The van der Waals surface area contributed by atoms with Gasteiger partial charge >= 0.3 is 0 Å². The molecule has 3 aromatic carbocycles. The maximum Gasteiger partial charge on any atom is 0.201 e. The lowest BCUT2D eigenvalue weighted by Crippen LogP contribution is -2.27. The Hall–Kier alpha value is -4.13. The first-order valence-corrected chi connectivity index (χ1v) is 12.2. The van der Waals surface area contributed by atoms with Crippen molar-refractivity contribution in [3.63, 3.8) is 0 Å². The highest BCUT2D eigenvalue weighted by Crippen LogP contribution is 2.33. The van der Waals surface area contributed by atoms with E-state index in [0.29, 0.717) is 6.61 Å². The third kappa shape index (κ3) is 4.03. The molecule has 5 aromatic rings. The topological polar surface area (TPSA) is 79.0 Å². The van der Waals surface area contributed by atoms with E-state index in [2.05, 4.69) is 82.6 Å². The number of aromatic amines is 1. The number of ether oxygens (including phenoxy) is 1. The van der Waals surface area contributed by atoms with Crippen molar-refractivity contribution >= 4 is 33.7 Å². The van der Waals surface area contributed by atoms with Crippen LogP contribution < -0.4 is 15.0 Å². The molecule has 1 aliphatic heterocycles. The molecular formula is C28H28N6O. The van der Waals surface area contributed by atoms with Crippen LogP contribution in [-0.4, -0.2) is 39.6 Å². The Bertz CT molecular complexity index is 1530. The summed E-state index contributed by atoms with van der Waals surface area (Å²) in [6.45, 7) is 7.09. The van der Waals surface area contributed by atoms with E-state index in [9.17, 15) is 0 Å². The molecule has 0 saturated heterocycles. The SMILES string of the molecule is CCNc1nc2ccc(-c3ccc4c(c3)CN(c3nc(CC)nc5ccccc35)CCO4)cc2[nH]1. The first kappa shape index (κ1) is 21.4. The number of imidazole rings is 1. The van der Waals surface area contributed by atoms with E-state index in [1.54, 1.807) is 0 Å². The van der Waals surface area contributed by atoms with E-state index >= 15 is 0 Å². The summed E-state index contributed by atoms with van der Waals surface area (Å²) in [5.74, 6) is 3.57. The molecule has 0 unspecified atom stereocenters. The Kier molecular flexibility index (Phi) is 5.45. The van der Waals surface area contributed by atoms with Crippen LogP contribution in [0.3, 0.4) is 0 Å². The normalized spacial score (nSPS) is 13.5. The number of benzene rings is 3. The number of H-pyrrole nitrogens is 1. The van der Waals surface area contributed by atoms with Gasteiger partial charge in [-0.2, -0.15) is 0 Å². The van der Waals surface area contributed by atoms with Crippen LogP contribution in [0.1, 0.15) is 25.2 Å². The number of rotatable bonds is 5. The fourth-order valence-electron chi connectivity index (χ4n) is 4.70. The van der Waals surface area contributed by atoms with Crippen molar-refractivity contribution < 1.29 is 4.74 Å². The summed E-state index contributed by atoms with van der Waals surface area (Å²) in [6.07, 6.45) is 0.800. The van der Waals surface area contributed by atoms with Crippen LogP contribution in [0.25, 0.3) is 33.1 Å². The quantitative estimate of drug-likeness (QED) is 0.354. The Morgan fingerprint density at radius 1 is 0.943 bits per heavy atom. The van der Waals surface area contributed by atoms with Crippen LogP contribution in [0.2, 0.25) is 0 Å². The number of nitrogens with zero attached hydrogens (tertiary/aromatic N) is 4. The second-order valence-corrected chi connectivity index (χ2v) is 8.77. The van der Waals surface area contributed by atoms with E-state index in [1.165, 1.54) is 0 Å². The molecule has 0 bridgehead atoms. The molecule has 6 rings (SSSR count). The highest BCUT2D eigenvalue weighted by molar-refractivity contribution is 5.89. The highest BCUT2D eigenvalue weighted by atomic mass is 16.5. The van der Waals surface area contributed by atoms with Crippen LogP contribution in [-0.2, 0) is 13.0 Å². The second kappa shape index (κ2) is 8.91. The molecule has 0 spiro atoms. The summed E-state index contributed by atoms with van der Waals surface area (Å²) in [5, 5.41) is 4.32. The number of anilines is 2. The number of para-hydroxylation sites is 1. The monoisotopic (exact) mass is 464 g/mol. The summed E-state index contributed by atoms with van der Waals surface area (Å²) in [5.41, 5.74) is 6.40. The van der Waals surface area contributed by atoms with Gasteiger partial charge in [0.25, 0.3) is 0 Å². The average molecular weight is 465 g/mol. The average Bonchev–Trinajstić information content (AvgIpc) is 3.17. The molecule has 0 saturated carbocycles. The highest BCUT2D eigenvalue weighted by Gasteiger charge is 2.20. The van der Waals surface area contributed by atoms with Gasteiger partial charge in [0, 0.05) is 30.5 Å². The number of aryl methyl sites for hydroxylation is 1. The van der Waals surface area contributed by atoms with Crippen LogP contribution >= 0.6 is 0 Å². The van der Waals surface area contributed by atoms with Gasteiger partial charge in [0.15, 0.2) is 0 Å². The largest absolute Gasteiger partial charge is 0.491 e. The molecular weight excluding hydrogens is 436 g/mol. The minimum absolute atomic E-state index is 0.611. The molecule has 7 heteroatoms. The van der Waals surface area contributed by atoms with Crippen LogP contribution in [0.4, 0.5) is 11.8 Å². The van der Waals surface area contributed by atoms with Crippen LogP contribution in [0.15, 0.2) is 60.7 Å². The summed E-state index contributed by atoms with van der Waals surface area (Å²) in [4.78, 5) is 19.9. The standard InChI is InChI=1S/C28H28N6O/c1-3-26-30-22-8-6-5-7-21(22)27(33-26)34-13-14-35-25-12-10-18(15-20(25)17-34)19-9-11-23-24(16-19)32-28(31-23)29-4-2/h5-12,15-16H,3-4,13-14,17H2,1-2H3,(H2,29,31,32). The van der Waals surface area contributed by atoms with Crippen LogP contribution in [0, 0.1) is 0 Å². The third-order valence-corrected chi connectivity index (χ3v) is 6.45. The maximum atomic E-state index is 6.15. The van der Waals surface area contributed by atoms with E-state index < -0.39 is 0 Å². The molecule has 2 aromatic heterocycles. The smallest absolute Gasteiger partial charge is 0.201 e. The van der Waals surface area contributed by atoms with Crippen molar-refractivity contribution in [1.29, 1.82) is 0 Å². The Balaban J connectivity index is 1.37. The molecule has 0 radical (unpaired) electrons. The predicted octanol–water partition coefficient (Wildman–Crippen LogP) is 5.57. The summed E-state index contributed by atoms with van der Waals surface area (Å²) < 4.78 is 6.15. The first-order valence-electron chi connectivity index (χ1n) is 12.2.